The number of nitrogens with zero attached hydrogens (tertiary/aromatic N) is 1. The number of aromatic hydroxyl groups is 1. The highest BCUT2D eigenvalue weighted by Gasteiger charge is 2.35. The molecule has 2 aromatic carbocycles. The number of ketones is 1. The van der Waals surface area contributed by atoms with Crippen LogP contribution >= 0.6 is 23.2 Å². The highest BCUT2D eigenvalue weighted by atomic mass is 35.5. The van der Waals surface area contributed by atoms with E-state index in [-0.39, 0.29) is 32.9 Å². The summed E-state index contributed by atoms with van der Waals surface area (Å²) < 4.78 is 0. The number of Topliss-reactive ketones (excluding diaryl/α,β-unsaturated/α-hetero) is 1. The summed E-state index contributed by atoms with van der Waals surface area (Å²) in [5.41, 5.74) is -0.664. The molecule has 0 spiro atoms. The van der Waals surface area contributed by atoms with E-state index in [0.29, 0.717) is 0 Å². The van der Waals surface area contributed by atoms with Crippen LogP contribution in [0, 0.1) is 15.5 Å². The maximum atomic E-state index is 12.9. The Hall–Kier alpha value is -2.84. The number of nitro benzene ring substituents is 1. The lowest BCUT2D eigenvalue weighted by Crippen LogP contribution is -2.46. The number of rotatable bonds is 6. The lowest BCUT2D eigenvalue weighted by molar-refractivity contribution is -0.384. The molecule has 3 N–H and O–H groups in total. The van der Waals surface area contributed by atoms with Crippen molar-refractivity contribution in [3.63, 3.8) is 0 Å². The largest absolute Gasteiger partial charge is 0.505 e. The van der Waals surface area contributed by atoms with E-state index in [1.54, 1.807) is 20.8 Å². The molecule has 0 aliphatic heterocycles. The molecule has 0 heterocycles. The predicted molar refractivity (Wildman–Crippen MR) is 112 cm³/mol. The molecule has 1 amide bonds. The minimum absolute atomic E-state index is 0.0546. The van der Waals surface area contributed by atoms with E-state index in [0.717, 1.165) is 0 Å². The van der Waals surface area contributed by atoms with Crippen LogP contribution in [-0.4, -0.2) is 27.8 Å². The van der Waals surface area contributed by atoms with Gasteiger partial charge in [-0.05, 0) is 18.2 Å². The second-order valence-electron chi connectivity index (χ2n) is 7.28. The molecule has 1 unspecified atom stereocenters. The van der Waals surface area contributed by atoms with Crippen LogP contribution < -0.4 is 10.6 Å². The van der Waals surface area contributed by atoms with E-state index in [1.807, 2.05) is 0 Å². The SMILES string of the molecule is CC(C)(C)C(=O)C(Nc1cc(Cl)c(O)c(Cl)c1)C(=O)Nc1cccc([N+](=O)[O-])c1. The van der Waals surface area contributed by atoms with Gasteiger partial charge in [0.25, 0.3) is 11.6 Å². The van der Waals surface area contributed by atoms with Crippen LogP contribution in [0.1, 0.15) is 20.8 Å². The van der Waals surface area contributed by atoms with Crippen molar-refractivity contribution >= 4 is 52.0 Å². The van der Waals surface area contributed by atoms with Crippen LogP contribution in [0.3, 0.4) is 0 Å². The normalized spacial score (nSPS) is 12.2. The average molecular weight is 440 g/mol. The summed E-state index contributed by atoms with van der Waals surface area (Å²) in [5.74, 6) is -1.47. The number of nitrogens with one attached hydrogen (secondary N) is 2. The van der Waals surface area contributed by atoms with Crippen LogP contribution in [0.5, 0.6) is 5.75 Å². The van der Waals surface area contributed by atoms with Gasteiger partial charge in [0, 0.05) is 28.9 Å². The topological polar surface area (TPSA) is 122 Å². The fourth-order valence-corrected chi connectivity index (χ4v) is 2.90. The van der Waals surface area contributed by atoms with E-state index < -0.39 is 28.1 Å². The zero-order valence-electron chi connectivity index (χ0n) is 15.8. The molecule has 10 heteroatoms. The monoisotopic (exact) mass is 439 g/mol. The van der Waals surface area contributed by atoms with Gasteiger partial charge in [-0.1, -0.05) is 50.0 Å². The lowest BCUT2D eigenvalue weighted by Gasteiger charge is -2.25. The van der Waals surface area contributed by atoms with Crippen LogP contribution in [0.15, 0.2) is 36.4 Å². The molecule has 2 aromatic rings. The number of halogens is 2. The summed E-state index contributed by atoms with van der Waals surface area (Å²) in [6.45, 7) is 4.96. The molecule has 1 atom stereocenters. The van der Waals surface area contributed by atoms with Gasteiger partial charge in [-0.25, -0.2) is 0 Å². The Bertz CT molecular complexity index is 950. The van der Waals surface area contributed by atoms with Crippen molar-refractivity contribution in [2.24, 2.45) is 5.41 Å². The summed E-state index contributed by atoms with van der Waals surface area (Å²) in [5, 5.41) is 25.8. The summed E-state index contributed by atoms with van der Waals surface area (Å²) in [7, 11) is 0. The van der Waals surface area contributed by atoms with Crippen LogP contribution in [0.2, 0.25) is 10.0 Å². The molecule has 0 fully saturated rings. The lowest BCUT2D eigenvalue weighted by atomic mass is 9.86. The minimum atomic E-state index is -1.34. The van der Waals surface area contributed by atoms with Gasteiger partial charge < -0.3 is 15.7 Å². The minimum Gasteiger partial charge on any atom is -0.505 e. The van der Waals surface area contributed by atoms with Gasteiger partial charge in [0.1, 0.15) is 0 Å². The molecular weight excluding hydrogens is 421 g/mol. The van der Waals surface area contributed by atoms with Crippen LogP contribution in [0.4, 0.5) is 17.1 Å². The van der Waals surface area contributed by atoms with E-state index >= 15 is 0 Å². The van der Waals surface area contributed by atoms with Crippen molar-refractivity contribution < 1.29 is 19.6 Å². The third-order valence-corrected chi connectivity index (χ3v) is 4.49. The first-order valence-corrected chi connectivity index (χ1v) is 9.20. The number of benzene rings is 2. The van der Waals surface area contributed by atoms with E-state index in [9.17, 15) is 24.8 Å². The van der Waals surface area contributed by atoms with Crippen LogP contribution in [0.25, 0.3) is 0 Å². The first-order chi connectivity index (χ1) is 13.4. The number of carbonyl (C=O) groups excluding carboxylic acids is 2. The number of hydrogen-bond donors (Lipinski definition) is 3. The number of non-ortho nitro benzene ring substituents is 1. The quantitative estimate of drug-likeness (QED) is 0.260. The number of phenolic OH excluding ortho intramolecular Hbond substituents is 1. The van der Waals surface area contributed by atoms with Gasteiger partial charge >= 0.3 is 0 Å². The average Bonchev–Trinajstić information content (AvgIpc) is 2.62. The molecule has 0 saturated heterocycles. The Morgan fingerprint density at radius 1 is 1.10 bits per heavy atom. The third kappa shape index (κ3) is 5.58. The molecule has 0 radical (unpaired) electrons. The Morgan fingerprint density at radius 3 is 2.21 bits per heavy atom. The van der Waals surface area contributed by atoms with Gasteiger partial charge in [-0.2, -0.15) is 0 Å². The molecular formula is C19H19Cl2N3O5. The third-order valence-electron chi connectivity index (χ3n) is 3.92. The van der Waals surface area contributed by atoms with Crippen molar-refractivity contribution in [2.75, 3.05) is 10.6 Å². The molecule has 0 saturated carbocycles. The Kier molecular flexibility index (Phi) is 6.71. The van der Waals surface area contributed by atoms with E-state index in [1.165, 1.54) is 36.4 Å². The summed E-state index contributed by atoms with van der Waals surface area (Å²) >= 11 is 11.8. The molecule has 2 rings (SSSR count). The Labute approximate surface area is 177 Å². The summed E-state index contributed by atoms with van der Waals surface area (Å²) in [6, 6.07) is 6.67. The first kappa shape index (κ1) is 22.4. The number of anilines is 2. The fourth-order valence-electron chi connectivity index (χ4n) is 2.41. The molecule has 0 aliphatic carbocycles. The maximum Gasteiger partial charge on any atom is 0.271 e. The fraction of sp³-hybridized carbons (Fsp3) is 0.263. The van der Waals surface area contributed by atoms with Crippen molar-refractivity contribution in [3.8, 4) is 5.75 Å². The number of amides is 1. The maximum absolute atomic E-state index is 12.9. The smallest absolute Gasteiger partial charge is 0.271 e. The summed E-state index contributed by atoms with van der Waals surface area (Å²) in [6.07, 6.45) is 0. The van der Waals surface area contributed by atoms with Crippen LogP contribution in [-0.2, 0) is 9.59 Å². The highest BCUT2D eigenvalue weighted by molar-refractivity contribution is 6.37. The first-order valence-electron chi connectivity index (χ1n) is 8.44. The number of phenols is 1. The van der Waals surface area contributed by atoms with Crippen molar-refractivity contribution in [1.29, 1.82) is 0 Å². The highest BCUT2D eigenvalue weighted by Crippen LogP contribution is 2.35. The molecule has 154 valence electrons. The van der Waals surface area contributed by atoms with E-state index in [4.69, 9.17) is 23.2 Å². The van der Waals surface area contributed by atoms with Crippen molar-refractivity contribution in [2.45, 2.75) is 26.8 Å². The summed E-state index contributed by atoms with van der Waals surface area (Å²) in [4.78, 5) is 36.0. The number of nitro groups is 1. The zero-order valence-corrected chi connectivity index (χ0v) is 17.3. The van der Waals surface area contributed by atoms with Crippen molar-refractivity contribution in [1.82, 2.24) is 0 Å². The molecule has 0 bridgehead atoms. The van der Waals surface area contributed by atoms with Crippen molar-refractivity contribution in [3.05, 3.63) is 56.6 Å². The van der Waals surface area contributed by atoms with Gasteiger partial charge in [-0.3, -0.25) is 19.7 Å². The second kappa shape index (κ2) is 8.67. The standard InChI is InChI=1S/C19H19Cl2N3O5/c1-19(2,3)17(26)15(22-11-8-13(20)16(25)14(21)9-11)18(27)23-10-5-4-6-12(7-10)24(28)29/h4-9,15,22,25H,1-3H3,(H,23,27). The molecule has 0 aromatic heterocycles. The van der Waals surface area contributed by atoms with Gasteiger partial charge in [0.2, 0.25) is 0 Å². The number of hydrogen-bond acceptors (Lipinski definition) is 6. The Balaban J connectivity index is 2.35. The van der Waals surface area contributed by atoms with Gasteiger partial charge in [0.05, 0.1) is 15.0 Å². The Morgan fingerprint density at radius 2 is 1.69 bits per heavy atom. The van der Waals surface area contributed by atoms with E-state index in [2.05, 4.69) is 10.6 Å². The predicted octanol–water partition coefficient (Wildman–Crippen LogP) is 4.64. The molecule has 29 heavy (non-hydrogen) atoms. The molecule has 8 nitrogen and oxygen atoms in total. The molecule has 0 aliphatic rings. The number of carbonyl (C=O) groups is 2. The van der Waals surface area contributed by atoms with Gasteiger partial charge in [0.15, 0.2) is 17.6 Å². The second-order valence-corrected chi connectivity index (χ2v) is 8.09. The van der Waals surface area contributed by atoms with Gasteiger partial charge in [-0.15, -0.1) is 0 Å². The zero-order chi connectivity index (χ0) is 21.9.